The van der Waals surface area contributed by atoms with Gasteiger partial charge in [0.1, 0.15) is 0 Å². The smallest absolute Gasteiger partial charge is 0.0653 e. The predicted octanol–water partition coefficient (Wildman–Crippen LogP) is 2.73. The summed E-state index contributed by atoms with van der Waals surface area (Å²) in [5, 5.41) is 9.79. The average molecular weight is 327 g/mol. The number of aliphatic hydroxyl groups excluding tert-OH is 1. The molecule has 3 nitrogen and oxygen atoms in total. The Labute approximate surface area is 124 Å². The van der Waals surface area contributed by atoms with Gasteiger partial charge >= 0.3 is 0 Å². The third kappa shape index (κ3) is 3.30. The van der Waals surface area contributed by atoms with Crippen molar-refractivity contribution in [2.75, 3.05) is 31.6 Å². The minimum atomic E-state index is 0.0406. The summed E-state index contributed by atoms with van der Waals surface area (Å²) in [6.07, 6.45) is 1.09. The molecule has 1 aliphatic heterocycles. The number of hydrogen-bond donors (Lipinski definition) is 1. The maximum Gasteiger partial charge on any atom is 0.0653 e. The first-order valence-electron chi connectivity index (χ1n) is 6.78. The van der Waals surface area contributed by atoms with Gasteiger partial charge in [-0.05, 0) is 45.5 Å². The molecule has 0 amide bonds. The van der Waals surface area contributed by atoms with Crippen molar-refractivity contribution in [2.45, 2.75) is 31.8 Å². The number of anilines is 1. The molecule has 1 fully saturated rings. The minimum absolute atomic E-state index is 0.0406. The van der Waals surface area contributed by atoms with Crippen LogP contribution in [0.3, 0.4) is 0 Å². The van der Waals surface area contributed by atoms with Crippen LogP contribution in [-0.2, 0) is 0 Å². The zero-order valence-corrected chi connectivity index (χ0v) is 13.5. The predicted molar refractivity (Wildman–Crippen MR) is 83.7 cm³/mol. The molecule has 0 saturated carbocycles. The summed E-state index contributed by atoms with van der Waals surface area (Å²) in [4.78, 5) is 4.68. The van der Waals surface area contributed by atoms with Crippen LogP contribution in [0.5, 0.6) is 0 Å². The first kappa shape index (κ1) is 14.8. The van der Waals surface area contributed by atoms with Crippen molar-refractivity contribution in [1.82, 2.24) is 4.90 Å². The van der Waals surface area contributed by atoms with Crippen molar-refractivity contribution >= 4 is 21.6 Å². The molecule has 1 heterocycles. The molecule has 0 aromatic heterocycles. The summed E-state index contributed by atoms with van der Waals surface area (Å²) in [6.45, 7) is 6.66. The monoisotopic (exact) mass is 326 g/mol. The van der Waals surface area contributed by atoms with E-state index in [-0.39, 0.29) is 18.2 Å². The van der Waals surface area contributed by atoms with Crippen molar-refractivity contribution in [2.24, 2.45) is 0 Å². The van der Waals surface area contributed by atoms with Gasteiger partial charge in [0.25, 0.3) is 0 Å². The molecule has 4 heteroatoms. The van der Waals surface area contributed by atoms with Gasteiger partial charge in [-0.1, -0.05) is 22.0 Å². The quantitative estimate of drug-likeness (QED) is 0.905. The van der Waals surface area contributed by atoms with Crippen molar-refractivity contribution in [3.63, 3.8) is 0 Å². The van der Waals surface area contributed by atoms with E-state index >= 15 is 0 Å². The standard InChI is InChI=1S/C15H23BrN2O/c1-15(2)7-8-17(3)10-14(11-19)18(15)13-6-4-5-12(16)9-13/h4-6,9,14,19H,7-8,10-11H2,1-3H3. The fourth-order valence-corrected chi connectivity index (χ4v) is 3.32. The topological polar surface area (TPSA) is 26.7 Å². The number of aliphatic hydroxyl groups is 1. The van der Waals surface area contributed by atoms with Crippen LogP contribution in [0.4, 0.5) is 5.69 Å². The van der Waals surface area contributed by atoms with Crippen LogP contribution >= 0.6 is 15.9 Å². The summed E-state index contributed by atoms with van der Waals surface area (Å²) in [5.74, 6) is 0. The molecule has 1 aliphatic rings. The highest BCUT2D eigenvalue weighted by Gasteiger charge is 2.35. The zero-order valence-electron chi connectivity index (χ0n) is 11.9. The number of likely N-dealkylation sites (N-methyl/N-ethyl adjacent to an activating group) is 1. The van der Waals surface area contributed by atoms with E-state index in [0.717, 1.165) is 24.0 Å². The van der Waals surface area contributed by atoms with E-state index < -0.39 is 0 Å². The highest BCUT2D eigenvalue weighted by molar-refractivity contribution is 9.10. The first-order valence-corrected chi connectivity index (χ1v) is 7.57. The van der Waals surface area contributed by atoms with Gasteiger partial charge in [-0.2, -0.15) is 0 Å². The van der Waals surface area contributed by atoms with Crippen LogP contribution in [0.1, 0.15) is 20.3 Å². The van der Waals surface area contributed by atoms with Crippen LogP contribution in [0.15, 0.2) is 28.7 Å². The summed E-state index contributed by atoms with van der Waals surface area (Å²) in [7, 11) is 2.13. The van der Waals surface area contributed by atoms with Gasteiger partial charge in [-0.3, -0.25) is 0 Å². The number of halogens is 1. The molecule has 1 aromatic rings. The lowest BCUT2D eigenvalue weighted by atomic mass is 9.96. The van der Waals surface area contributed by atoms with Gasteiger partial charge in [-0.25, -0.2) is 0 Å². The molecular formula is C15H23BrN2O. The van der Waals surface area contributed by atoms with E-state index in [1.165, 1.54) is 5.69 Å². The van der Waals surface area contributed by atoms with Gasteiger partial charge in [0.15, 0.2) is 0 Å². The van der Waals surface area contributed by atoms with Crippen LogP contribution in [0.25, 0.3) is 0 Å². The number of hydrogen-bond acceptors (Lipinski definition) is 3. The fraction of sp³-hybridized carbons (Fsp3) is 0.600. The zero-order chi connectivity index (χ0) is 14.0. The van der Waals surface area contributed by atoms with Gasteiger partial charge in [0.05, 0.1) is 12.6 Å². The SMILES string of the molecule is CN1CCC(C)(C)N(c2cccc(Br)c2)C(CO)C1. The lowest BCUT2D eigenvalue weighted by Crippen LogP contribution is -2.52. The normalized spacial score (nSPS) is 24.3. The molecule has 19 heavy (non-hydrogen) atoms. The maximum absolute atomic E-state index is 9.79. The van der Waals surface area contributed by atoms with E-state index in [9.17, 15) is 5.11 Å². The average Bonchev–Trinajstić information content (AvgIpc) is 2.46. The second-order valence-corrected chi connectivity index (χ2v) is 6.93. The van der Waals surface area contributed by atoms with Gasteiger partial charge in [0, 0.05) is 28.8 Å². The first-order chi connectivity index (χ1) is 8.94. The van der Waals surface area contributed by atoms with Crippen LogP contribution in [0, 0.1) is 0 Å². The third-order valence-corrected chi connectivity index (χ3v) is 4.44. The van der Waals surface area contributed by atoms with Crippen molar-refractivity contribution < 1.29 is 5.11 Å². The van der Waals surface area contributed by atoms with Gasteiger partial charge in [-0.15, -0.1) is 0 Å². The number of nitrogens with zero attached hydrogens (tertiary/aromatic N) is 2. The molecule has 0 radical (unpaired) electrons. The Kier molecular flexibility index (Phi) is 4.54. The van der Waals surface area contributed by atoms with E-state index in [1.54, 1.807) is 0 Å². The Balaban J connectivity index is 2.41. The molecule has 1 saturated heterocycles. The summed E-state index contributed by atoms with van der Waals surface area (Å²) in [5.41, 5.74) is 1.22. The largest absolute Gasteiger partial charge is 0.394 e. The van der Waals surface area contributed by atoms with E-state index in [2.05, 4.69) is 64.8 Å². The Bertz CT molecular complexity index is 436. The van der Waals surface area contributed by atoms with E-state index in [4.69, 9.17) is 0 Å². The van der Waals surface area contributed by atoms with Crippen LogP contribution in [0.2, 0.25) is 0 Å². The third-order valence-electron chi connectivity index (χ3n) is 3.94. The van der Waals surface area contributed by atoms with Crippen molar-refractivity contribution in [1.29, 1.82) is 0 Å². The molecule has 106 valence electrons. The molecule has 1 atom stereocenters. The Morgan fingerprint density at radius 1 is 1.42 bits per heavy atom. The molecule has 1 N–H and O–H groups in total. The molecule has 0 bridgehead atoms. The van der Waals surface area contributed by atoms with Gasteiger partial charge < -0.3 is 14.9 Å². The maximum atomic E-state index is 9.79. The van der Waals surface area contributed by atoms with Gasteiger partial charge in [0.2, 0.25) is 0 Å². The molecule has 1 aromatic carbocycles. The van der Waals surface area contributed by atoms with Crippen LogP contribution < -0.4 is 4.90 Å². The van der Waals surface area contributed by atoms with E-state index in [0.29, 0.717) is 0 Å². The second kappa shape index (κ2) is 5.81. The van der Waals surface area contributed by atoms with Crippen molar-refractivity contribution in [3.8, 4) is 0 Å². The number of benzene rings is 1. The summed E-state index contributed by atoms with van der Waals surface area (Å²) in [6, 6.07) is 8.49. The molecular weight excluding hydrogens is 304 g/mol. The molecule has 0 spiro atoms. The summed E-state index contributed by atoms with van der Waals surface area (Å²) < 4.78 is 1.08. The minimum Gasteiger partial charge on any atom is -0.394 e. The molecule has 2 rings (SSSR count). The molecule has 0 aliphatic carbocycles. The summed E-state index contributed by atoms with van der Waals surface area (Å²) >= 11 is 3.54. The highest BCUT2D eigenvalue weighted by atomic mass is 79.9. The van der Waals surface area contributed by atoms with Crippen LogP contribution in [-0.4, -0.2) is 48.3 Å². The number of rotatable bonds is 2. The Morgan fingerprint density at radius 2 is 2.16 bits per heavy atom. The Morgan fingerprint density at radius 3 is 2.79 bits per heavy atom. The second-order valence-electron chi connectivity index (χ2n) is 6.01. The molecule has 1 unspecified atom stereocenters. The highest BCUT2D eigenvalue weighted by Crippen LogP contribution is 2.33. The van der Waals surface area contributed by atoms with Crippen molar-refractivity contribution in [3.05, 3.63) is 28.7 Å². The Hall–Kier alpha value is -0.580. The van der Waals surface area contributed by atoms with E-state index in [1.807, 2.05) is 6.07 Å². The lowest BCUT2D eigenvalue weighted by molar-refractivity contribution is 0.224. The fourth-order valence-electron chi connectivity index (χ4n) is 2.94. The lowest BCUT2D eigenvalue weighted by Gasteiger charge is -2.43.